The Morgan fingerprint density at radius 3 is 2.45 bits per heavy atom. The van der Waals surface area contributed by atoms with E-state index in [1.54, 1.807) is 0 Å². The maximum Gasteiger partial charge on any atom is 0.315 e. The van der Waals surface area contributed by atoms with Crippen LogP contribution in [0.5, 0.6) is 0 Å². The number of hydrogen-bond acceptors (Lipinski definition) is 2. The van der Waals surface area contributed by atoms with E-state index < -0.39 is 0 Å². The zero-order chi connectivity index (χ0) is 21.6. The Morgan fingerprint density at radius 2 is 1.68 bits per heavy atom. The molecule has 0 bridgehead atoms. The summed E-state index contributed by atoms with van der Waals surface area (Å²) >= 11 is 0. The number of nitrogens with one attached hydrogen (secondary N) is 2. The minimum atomic E-state index is -0.191. The summed E-state index contributed by atoms with van der Waals surface area (Å²) in [6.45, 7) is 3.69. The number of carbonyl (C=O) groups excluding carboxylic acids is 2. The van der Waals surface area contributed by atoms with E-state index in [2.05, 4.69) is 16.7 Å². The highest BCUT2D eigenvalue weighted by Gasteiger charge is 2.25. The molecule has 0 radical (unpaired) electrons. The number of nitrogens with zero attached hydrogens (tertiary/aromatic N) is 1. The van der Waals surface area contributed by atoms with Crippen LogP contribution in [0.3, 0.4) is 0 Å². The van der Waals surface area contributed by atoms with Gasteiger partial charge in [-0.1, -0.05) is 60.2 Å². The molecule has 5 heteroatoms. The molecule has 3 aromatic rings. The number of carbonyl (C=O) groups is 2. The molecule has 0 unspecified atom stereocenters. The lowest BCUT2D eigenvalue weighted by molar-refractivity contribution is 0.0989. The van der Waals surface area contributed by atoms with Gasteiger partial charge in [0.15, 0.2) is 0 Å². The second kappa shape index (κ2) is 9.47. The molecular weight excluding hydrogens is 386 g/mol. The summed E-state index contributed by atoms with van der Waals surface area (Å²) < 4.78 is 0. The summed E-state index contributed by atoms with van der Waals surface area (Å²) in [4.78, 5) is 27.0. The maximum absolute atomic E-state index is 13.0. The molecule has 5 nitrogen and oxygen atoms in total. The van der Waals surface area contributed by atoms with Gasteiger partial charge in [0.1, 0.15) is 0 Å². The molecule has 1 heterocycles. The third-order valence-electron chi connectivity index (χ3n) is 5.58. The molecule has 3 aromatic carbocycles. The fourth-order valence-electron chi connectivity index (χ4n) is 3.81. The van der Waals surface area contributed by atoms with E-state index in [0.29, 0.717) is 25.2 Å². The van der Waals surface area contributed by atoms with E-state index in [1.165, 1.54) is 5.56 Å². The molecule has 0 saturated heterocycles. The van der Waals surface area contributed by atoms with Crippen LogP contribution >= 0.6 is 0 Å². The molecule has 31 heavy (non-hydrogen) atoms. The topological polar surface area (TPSA) is 61.4 Å². The van der Waals surface area contributed by atoms with E-state index in [1.807, 2.05) is 78.6 Å². The molecule has 3 amide bonds. The van der Waals surface area contributed by atoms with Crippen LogP contribution in [0.15, 0.2) is 72.8 Å². The van der Waals surface area contributed by atoms with Gasteiger partial charge in [-0.15, -0.1) is 0 Å². The summed E-state index contributed by atoms with van der Waals surface area (Å²) in [7, 11) is 0. The van der Waals surface area contributed by atoms with Gasteiger partial charge in [0, 0.05) is 30.9 Å². The van der Waals surface area contributed by atoms with Crippen molar-refractivity contribution in [3.8, 4) is 0 Å². The molecule has 0 spiro atoms. The van der Waals surface area contributed by atoms with Crippen LogP contribution in [-0.2, 0) is 19.4 Å². The van der Waals surface area contributed by atoms with Gasteiger partial charge >= 0.3 is 6.03 Å². The number of urea groups is 1. The number of aryl methyl sites for hydroxylation is 1. The Hall–Kier alpha value is -3.60. The van der Waals surface area contributed by atoms with Crippen LogP contribution in [-0.4, -0.2) is 25.0 Å². The van der Waals surface area contributed by atoms with Crippen LogP contribution in [0.4, 0.5) is 10.5 Å². The Bertz CT molecular complexity index is 1060. The molecule has 2 N–H and O–H groups in total. The number of anilines is 1. The summed E-state index contributed by atoms with van der Waals surface area (Å²) in [6.07, 6.45) is 1.64. The van der Waals surface area contributed by atoms with Crippen LogP contribution in [0.2, 0.25) is 0 Å². The standard InChI is InChI=1S/C26H27N3O2/c1-19-7-10-23(11-8-19)25(30)29-16-14-22-12-9-21(17-24(22)29)18-28-26(31)27-15-13-20-5-3-2-4-6-20/h2-12,17H,13-16,18H2,1H3,(H2,27,28,31). The van der Waals surface area contributed by atoms with Gasteiger partial charge in [-0.05, 0) is 54.7 Å². The fourth-order valence-corrected chi connectivity index (χ4v) is 3.81. The highest BCUT2D eigenvalue weighted by molar-refractivity contribution is 6.07. The first-order chi connectivity index (χ1) is 15.1. The van der Waals surface area contributed by atoms with Crippen molar-refractivity contribution in [2.24, 2.45) is 0 Å². The van der Waals surface area contributed by atoms with Gasteiger partial charge in [0.25, 0.3) is 5.91 Å². The van der Waals surface area contributed by atoms with Crippen molar-refractivity contribution >= 4 is 17.6 Å². The van der Waals surface area contributed by atoms with Crippen molar-refractivity contribution in [3.05, 3.63) is 101 Å². The van der Waals surface area contributed by atoms with E-state index in [-0.39, 0.29) is 11.9 Å². The Kier molecular flexibility index (Phi) is 6.32. The van der Waals surface area contributed by atoms with Gasteiger partial charge in [-0.25, -0.2) is 4.79 Å². The summed E-state index contributed by atoms with van der Waals surface area (Å²) in [5, 5.41) is 5.80. The molecule has 0 aliphatic carbocycles. The van der Waals surface area contributed by atoms with E-state index in [9.17, 15) is 9.59 Å². The largest absolute Gasteiger partial charge is 0.338 e. The van der Waals surface area contributed by atoms with E-state index in [0.717, 1.165) is 35.2 Å². The molecule has 0 saturated carbocycles. The van der Waals surface area contributed by atoms with Crippen LogP contribution < -0.4 is 15.5 Å². The van der Waals surface area contributed by atoms with Crippen molar-refractivity contribution in [2.45, 2.75) is 26.3 Å². The predicted molar refractivity (Wildman–Crippen MR) is 123 cm³/mol. The SMILES string of the molecule is Cc1ccc(C(=O)N2CCc3ccc(CNC(=O)NCCc4ccccc4)cc32)cc1. The smallest absolute Gasteiger partial charge is 0.315 e. The quantitative estimate of drug-likeness (QED) is 0.635. The van der Waals surface area contributed by atoms with Crippen LogP contribution in [0.1, 0.15) is 32.6 Å². The summed E-state index contributed by atoms with van der Waals surface area (Å²) in [5.74, 6) is 0.0162. The molecule has 1 aliphatic rings. The highest BCUT2D eigenvalue weighted by atomic mass is 16.2. The molecule has 0 fully saturated rings. The monoisotopic (exact) mass is 413 g/mol. The average molecular weight is 414 g/mol. The van der Waals surface area contributed by atoms with Gasteiger partial charge in [0.05, 0.1) is 0 Å². The van der Waals surface area contributed by atoms with Crippen molar-refractivity contribution < 1.29 is 9.59 Å². The lowest BCUT2D eigenvalue weighted by Crippen LogP contribution is -2.36. The first kappa shape index (κ1) is 20.7. The van der Waals surface area contributed by atoms with Crippen LogP contribution in [0.25, 0.3) is 0 Å². The normalized spacial score (nSPS) is 12.4. The van der Waals surface area contributed by atoms with Gasteiger partial charge in [-0.2, -0.15) is 0 Å². The first-order valence-corrected chi connectivity index (χ1v) is 10.7. The Morgan fingerprint density at radius 1 is 0.903 bits per heavy atom. The fraction of sp³-hybridized carbons (Fsp3) is 0.231. The minimum absolute atomic E-state index is 0.0162. The number of fused-ring (bicyclic) bond motifs is 1. The Balaban J connectivity index is 1.33. The maximum atomic E-state index is 13.0. The highest BCUT2D eigenvalue weighted by Crippen LogP contribution is 2.30. The molecule has 158 valence electrons. The Labute approximate surface area is 183 Å². The second-order valence-electron chi connectivity index (χ2n) is 7.88. The van der Waals surface area contributed by atoms with E-state index >= 15 is 0 Å². The van der Waals surface area contributed by atoms with Gasteiger partial charge in [0.2, 0.25) is 0 Å². The average Bonchev–Trinajstić information content (AvgIpc) is 3.22. The van der Waals surface area contributed by atoms with Gasteiger partial charge < -0.3 is 15.5 Å². The van der Waals surface area contributed by atoms with Gasteiger partial charge in [-0.3, -0.25) is 4.79 Å². The van der Waals surface area contributed by atoms with E-state index in [4.69, 9.17) is 0 Å². The summed E-state index contributed by atoms with van der Waals surface area (Å²) in [6, 6.07) is 23.6. The van der Waals surface area contributed by atoms with Crippen molar-refractivity contribution in [3.63, 3.8) is 0 Å². The summed E-state index contributed by atoms with van der Waals surface area (Å²) in [5.41, 5.74) is 6.10. The molecule has 0 aromatic heterocycles. The minimum Gasteiger partial charge on any atom is -0.338 e. The van der Waals surface area contributed by atoms with Crippen molar-refractivity contribution in [2.75, 3.05) is 18.0 Å². The molecule has 0 atom stereocenters. The molecule has 4 rings (SSSR count). The zero-order valence-corrected chi connectivity index (χ0v) is 17.7. The third-order valence-corrected chi connectivity index (χ3v) is 5.58. The number of hydrogen-bond donors (Lipinski definition) is 2. The zero-order valence-electron chi connectivity index (χ0n) is 17.7. The number of benzene rings is 3. The van der Waals surface area contributed by atoms with Crippen molar-refractivity contribution in [1.29, 1.82) is 0 Å². The second-order valence-corrected chi connectivity index (χ2v) is 7.88. The lowest BCUT2D eigenvalue weighted by Gasteiger charge is -2.18. The third kappa shape index (κ3) is 5.12. The lowest BCUT2D eigenvalue weighted by atomic mass is 10.1. The number of amides is 3. The van der Waals surface area contributed by atoms with Crippen LogP contribution in [0, 0.1) is 6.92 Å². The molecule has 1 aliphatic heterocycles. The first-order valence-electron chi connectivity index (χ1n) is 10.7. The van der Waals surface area contributed by atoms with Crippen molar-refractivity contribution in [1.82, 2.24) is 10.6 Å². The number of rotatable bonds is 6. The predicted octanol–water partition coefficient (Wildman–Crippen LogP) is 4.24. The molecular formula is C26H27N3O2.